The summed E-state index contributed by atoms with van der Waals surface area (Å²) >= 11 is 0. The number of carbonyl (C=O) groups excluding carboxylic acids is 2. The van der Waals surface area contributed by atoms with Crippen LogP contribution in [-0.2, 0) is 20.9 Å². The van der Waals surface area contributed by atoms with E-state index in [0.717, 1.165) is 27.8 Å². The van der Waals surface area contributed by atoms with E-state index >= 15 is 0 Å². The van der Waals surface area contributed by atoms with E-state index in [1.165, 1.54) is 0 Å². The van der Waals surface area contributed by atoms with Crippen molar-refractivity contribution in [2.45, 2.75) is 50.2 Å². The van der Waals surface area contributed by atoms with Gasteiger partial charge in [0.1, 0.15) is 6.61 Å². The maximum Gasteiger partial charge on any atom is 0.407 e. The summed E-state index contributed by atoms with van der Waals surface area (Å²) in [5.41, 5.74) is 4.29. The molecule has 1 saturated heterocycles. The lowest BCUT2D eigenvalue weighted by Gasteiger charge is -2.27. The molecular weight excluding hydrogens is 506 g/mol. The van der Waals surface area contributed by atoms with Crippen molar-refractivity contribution in [3.8, 4) is 11.1 Å². The zero-order valence-corrected chi connectivity index (χ0v) is 22.6. The molecule has 5 rings (SSSR count). The largest absolute Gasteiger partial charge is 0.479 e. The van der Waals surface area contributed by atoms with Crippen molar-refractivity contribution in [1.29, 1.82) is 0 Å². The lowest BCUT2D eigenvalue weighted by atomic mass is 9.98. The van der Waals surface area contributed by atoms with Crippen molar-refractivity contribution >= 4 is 18.0 Å². The average Bonchev–Trinajstić information content (AvgIpc) is 3.51. The minimum Gasteiger partial charge on any atom is -0.479 e. The van der Waals surface area contributed by atoms with Gasteiger partial charge in [-0.25, -0.2) is 9.59 Å². The molecule has 3 aromatic carbocycles. The molecule has 2 atom stereocenters. The number of benzene rings is 3. The summed E-state index contributed by atoms with van der Waals surface area (Å²) in [5.74, 6) is -1.51. The van der Waals surface area contributed by atoms with Crippen molar-refractivity contribution in [1.82, 2.24) is 15.5 Å². The number of alkyl carbamates (subject to hydrolysis) is 1. The molecule has 0 aromatic heterocycles. The molecule has 3 N–H and O–H groups in total. The van der Waals surface area contributed by atoms with Gasteiger partial charge in [-0.1, -0.05) is 85.8 Å². The number of carboxylic acids is 1. The van der Waals surface area contributed by atoms with Gasteiger partial charge in [0.05, 0.1) is 0 Å². The van der Waals surface area contributed by atoms with Gasteiger partial charge in [-0.15, -0.1) is 0 Å². The summed E-state index contributed by atoms with van der Waals surface area (Å²) in [6.07, 6.45) is 0.188. The van der Waals surface area contributed by atoms with Crippen LogP contribution in [0.5, 0.6) is 0 Å². The predicted octanol–water partition coefficient (Wildman–Crippen LogP) is 4.54. The van der Waals surface area contributed by atoms with Crippen molar-refractivity contribution in [3.05, 3.63) is 95.6 Å². The number of amides is 2. The third-order valence-electron chi connectivity index (χ3n) is 7.98. The van der Waals surface area contributed by atoms with E-state index in [2.05, 4.69) is 34.9 Å². The van der Waals surface area contributed by atoms with Crippen LogP contribution in [0, 0.1) is 0 Å². The van der Waals surface area contributed by atoms with Crippen LogP contribution in [-0.4, -0.2) is 59.3 Å². The van der Waals surface area contributed by atoms with Crippen molar-refractivity contribution < 1.29 is 24.2 Å². The second-order valence-electron chi connectivity index (χ2n) is 10.7. The molecule has 208 valence electrons. The zero-order valence-electron chi connectivity index (χ0n) is 22.6. The molecule has 3 aromatic rings. The van der Waals surface area contributed by atoms with Crippen LogP contribution < -0.4 is 10.6 Å². The number of likely N-dealkylation sites (tertiary alicyclic amines) is 1. The van der Waals surface area contributed by atoms with Crippen molar-refractivity contribution in [3.63, 3.8) is 0 Å². The number of nitrogens with zero attached hydrogens (tertiary/aromatic N) is 1. The Morgan fingerprint density at radius 2 is 1.60 bits per heavy atom. The molecule has 8 heteroatoms. The monoisotopic (exact) mass is 541 g/mol. The topological polar surface area (TPSA) is 108 Å². The maximum absolute atomic E-state index is 13.0. The minimum atomic E-state index is -1.35. The second kappa shape index (κ2) is 11.9. The Kier molecular flexibility index (Phi) is 8.16. The van der Waals surface area contributed by atoms with Crippen LogP contribution >= 0.6 is 0 Å². The molecule has 2 aliphatic rings. The van der Waals surface area contributed by atoms with Crippen molar-refractivity contribution in [2.75, 3.05) is 19.7 Å². The molecule has 0 saturated carbocycles. The fourth-order valence-corrected chi connectivity index (χ4v) is 5.84. The summed E-state index contributed by atoms with van der Waals surface area (Å²) in [4.78, 5) is 40.0. The lowest BCUT2D eigenvalue weighted by molar-refractivity contribution is -0.147. The molecular formula is C32H35N3O5. The van der Waals surface area contributed by atoms with Gasteiger partial charge in [-0.05, 0) is 40.7 Å². The molecule has 1 heterocycles. The van der Waals surface area contributed by atoms with Crippen LogP contribution in [0.15, 0.2) is 78.9 Å². The highest BCUT2D eigenvalue weighted by molar-refractivity contribution is 5.88. The minimum absolute atomic E-state index is 0.0333. The lowest BCUT2D eigenvalue weighted by Crippen LogP contribution is -2.57. The van der Waals surface area contributed by atoms with Gasteiger partial charge in [0, 0.05) is 38.0 Å². The normalized spacial score (nSPS) is 18.9. The van der Waals surface area contributed by atoms with Crippen LogP contribution in [0.3, 0.4) is 0 Å². The summed E-state index contributed by atoms with van der Waals surface area (Å²) in [5, 5.41) is 15.6. The molecule has 8 nitrogen and oxygen atoms in total. The standard InChI is InChI=1S/C32H35N3O5/c1-2-23(18-29(36)34-32(30(37)38)16-17-35(21-32)19-22-10-4-3-5-11-22)33-31(39)40-20-28-26-14-8-6-12-24(26)25-13-7-9-15-27(25)28/h3-15,23,28H,2,16-21H2,1H3,(H,33,39)(H,34,36)(H,37,38)/t23-,32?/m0/s1. The summed E-state index contributed by atoms with van der Waals surface area (Å²) < 4.78 is 5.63. The Morgan fingerprint density at radius 3 is 2.23 bits per heavy atom. The van der Waals surface area contributed by atoms with E-state index in [1.54, 1.807) is 0 Å². The quantitative estimate of drug-likeness (QED) is 0.348. The molecule has 40 heavy (non-hydrogen) atoms. The third kappa shape index (κ3) is 5.87. The Bertz CT molecular complexity index is 1330. The zero-order chi connectivity index (χ0) is 28.1. The predicted molar refractivity (Wildman–Crippen MR) is 152 cm³/mol. The smallest absolute Gasteiger partial charge is 0.407 e. The Morgan fingerprint density at radius 1 is 0.975 bits per heavy atom. The third-order valence-corrected chi connectivity index (χ3v) is 7.98. The maximum atomic E-state index is 13.0. The highest BCUT2D eigenvalue weighted by atomic mass is 16.5. The second-order valence-corrected chi connectivity index (χ2v) is 10.7. The van der Waals surface area contributed by atoms with Crippen LogP contribution in [0.1, 0.15) is 48.8 Å². The van der Waals surface area contributed by atoms with Gasteiger partial charge in [-0.3, -0.25) is 9.69 Å². The highest BCUT2D eigenvalue weighted by Crippen LogP contribution is 2.44. The number of hydrogen-bond acceptors (Lipinski definition) is 5. The molecule has 0 spiro atoms. The summed E-state index contributed by atoms with van der Waals surface area (Å²) in [6, 6.07) is 25.6. The van der Waals surface area contributed by atoms with Crippen molar-refractivity contribution in [2.24, 2.45) is 0 Å². The Labute approximate surface area is 234 Å². The van der Waals surface area contributed by atoms with Gasteiger partial charge < -0.3 is 20.5 Å². The summed E-state index contributed by atoms with van der Waals surface area (Å²) in [6.45, 7) is 3.45. The number of carboxylic acid groups (broad SMARTS) is 1. The first-order valence-corrected chi connectivity index (χ1v) is 13.8. The van der Waals surface area contributed by atoms with E-state index < -0.39 is 29.6 Å². The van der Waals surface area contributed by atoms with E-state index in [4.69, 9.17) is 4.74 Å². The Hall–Kier alpha value is -4.17. The molecule has 0 bridgehead atoms. The molecule has 2 amide bonds. The van der Waals surface area contributed by atoms with E-state index in [1.807, 2.05) is 66.4 Å². The molecule has 1 aliphatic carbocycles. The number of carbonyl (C=O) groups is 3. The van der Waals surface area contributed by atoms with Gasteiger partial charge in [-0.2, -0.15) is 0 Å². The van der Waals surface area contributed by atoms with E-state index in [-0.39, 0.29) is 25.5 Å². The average molecular weight is 542 g/mol. The molecule has 1 fully saturated rings. The van der Waals surface area contributed by atoms with E-state index in [9.17, 15) is 19.5 Å². The fraction of sp³-hybridized carbons (Fsp3) is 0.344. The fourth-order valence-electron chi connectivity index (χ4n) is 5.84. The number of rotatable bonds is 10. The Balaban J connectivity index is 1.15. The summed E-state index contributed by atoms with van der Waals surface area (Å²) in [7, 11) is 0. The molecule has 1 aliphatic heterocycles. The number of ether oxygens (including phenoxy) is 1. The van der Waals surface area contributed by atoms with Crippen LogP contribution in [0.25, 0.3) is 11.1 Å². The number of aliphatic carboxylic acids is 1. The number of nitrogens with one attached hydrogen (secondary N) is 2. The highest BCUT2D eigenvalue weighted by Gasteiger charge is 2.46. The van der Waals surface area contributed by atoms with Gasteiger partial charge in [0.25, 0.3) is 0 Å². The SMILES string of the molecule is CC[C@@H](CC(=O)NC1(C(=O)O)CCN(Cc2ccccc2)C1)NC(=O)OCC1c2ccccc2-c2ccccc21. The molecule has 1 unspecified atom stereocenters. The number of hydrogen-bond donors (Lipinski definition) is 3. The van der Waals surface area contributed by atoms with Crippen LogP contribution in [0.2, 0.25) is 0 Å². The van der Waals surface area contributed by atoms with E-state index in [0.29, 0.717) is 25.9 Å². The van der Waals surface area contributed by atoms with Gasteiger partial charge in [0.2, 0.25) is 5.91 Å². The first kappa shape index (κ1) is 27.4. The molecule has 0 radical (unpaired) electrons. The van der Waals surface area contributed by atoms with Gasteiger partial charge >= 0.3 is 12.1 Å². The van der Waals surface area contributed by atoms with Crippen LogP contribution in [0.4, 0.5) is 4.79 Å². The number of fused-ring (bicyclic) bond motifs is 3. The van der Waals surface area contributed by atoms with Gasteiger partial charge in [0.15, 0.2) is 5.54 Å². The first-order chi connectivity index (χ1) is 19.4. The first-order valence-electron chi connectivity index (χ1n) is 13.8.